The smallest absolute Gasteiger partial charge is 0.267 e. The lowest BCUT2D eigenvalue weighted by atomic mass is 9.90. The van der Waals surface area contributed by atoms with E-state index in [-0.39, 0.29) is 17.9 Å². The minimum absolute atomic E-state index is 0.0183. The number of carbonyl (C=O) groups is 2. The van der Waals surface area contributed by atoms with Crippen LogP contribution < -0.4 is 10.7 Å². The van der Waals surface area contributed by atoms with Gasteiger partial charge in [0.05, 0.1) is 11.7 Å². The Balaban J connectivity index is 1.78. The van der Waals surface area contributed by atoms with Crippen LogP contribution in [-0.4, -0.2) is 27.3 Å². The summed E-state index contributed by atoms with van der Waals surface area (Å²) in [7, 11) is 1.94. The van der Waals surface area contributed by atoms with Crippen LogP contribution in [0.5, 0.6) is 0 Å². The topological polar surface area (TPSA) is 88.4 Å². The summed E-state index contributed by atoms with van der Waals surface area (Å²) in [4.78, 5) is 23.4. The van der Waals surface area contributed by atoms with E-state index in [9.17, 15) is 9.59 Å². The molecule has 0 bridgehead atoms. The van der Waals surface area contributed by atoms with Crippen LogP contribution in [0.2, 0.25) is 0 Å². The Kier molecular flexibility index (Phi) is 3.48. The molecule has 0 saturated carbocycles. The molecular formula is C14H19N5O2. The van der Waals surface area contributed by atoms with Gasteiger partial charge in [0, 0.05) is 31.1 Å². The van der Waals surface area contributed by atoms with Crippen LogP contribution >= 0.6 is 0 Å². The molecule has 2 heterocycles. The summed E-state index contributed by atoms with van der Waals surface area (Å²) in [6, 6.07) is -0.0183. The monoisotopic (exact) mass is 289 g/mol. The minimum Gasteiger partial charge on any atom is -0.344 e. The number of hydrogen-bond donors (Lipinski definition) is 2. The number of hydrazone groups is 1. The molecule has 7 heteroatoms. The molecule has 7 nitrogen and oxygen atoms in total. The predicted molar refractivity (Wildman–Crippen MR) is 76.6 cm³/mol. The molecule has 1 aliphatic heterocycles. The van der Waals surface area contributed by atoms with Crippen molar-refractivity contribution in [3.8, 4) is 0 Å². The molecule has 2 aliphatic rings. The second-order valence-corrected chi connectivity index (χ2v) is 5.58. The molecule has 3 rings (SSSR count). The summed E-state index contributed by atoms with van der Waals surface area (Å²) in [5.41, 5.74) is 6.05. The summed E-state index contributed by atoms with van der Waals surface area (Å²) in [5, 5.41) is 11.3. The van der Waals surface area contributed by atoms with Gasteiger partial charge in [-0.25, -0.2) is 5.43 Å². The number of amides is 2. The molecule has 0 spiro atoms. The summed E-state index contributed by atoms with van der Waals surface area (Å²) in [6.07, 6.45) is 3.64. The molecule has 2 N–H and O–H groups in total. The average Bonchev–Trinajstić information content (AvgIpc) is 2.76. The second kappa shape index (κ2) is 5.31. The molecule has 2 amide bonds. The van der Waals surface area contributed by atoms with Crippen LogP contribution in [0.15, 0.2) is 5.10 Å². The van der Waals surface area contributed by atoms with E-state index in [1.807, 2.05) is 18.7 Å². The highest BCUT2D eigenvalue weighted by molar-refractivity contribution is 6.39. The molecule has 1 unspecified atom stereocenters. The van der Waals surface area contributed by atoms with Crippen molar-refractivity contribution in [2.24, 2.45) is 12.1 Å². The Labute approximate surface area is 122 Å². The molecule has 112 valence electrons. The maximum Gasteiger partial charge on any atom is 0.267 e. The lowest BCUT2D eigenvalue weighted by Crippen LogP contribution is -2.39. The van der Waals surface area contributed by atoms with Gasteiger partial charge >= 0.3 is 0 Å². The number of nitrogens with zero attached hydrogens (tertiary/aromatic N) is 3. The quantitative estimate of drug-likeness (QED) is 0.830. The maximum atomic E-state index is 12.3. The molecule has 0 fully saturated rings. The van der Waals surface area contributed by atoms with Gasteiger partial charge in [0.15, 0.2) is 0 Å². The van der Waals surface area contributed by atoms with E-state index >= 15 is 0 Å². The van der Waals surface area contributed by atoms with Gasteiger partial charge in [0.25, 0.3) is 5.91 Å². The zero-order valence-corrected chi connectivity index (χ0v) is 12.3. The largest absolute Gasteiger partial charge is 0.344 e. The summed E-state index contributed by atoms with van der Waals surface area (Å²) in [6.45, 7) is 1.97. The van der Waals surface area contributed by atoms with Gasteiger partial charge < -0.3 is 5.32 Å². The molecule has 1 aromatic rings. The number of fused-ring (bicyclic) bond motifs is 1. The predicted octanol–water partition coefficient (Wildman–Crippen LogP) is 0.488. The van der Waals surface area contributed by atoms with Gasteiger partial charge in [0.1, 0.15) is 5.71 Å². The van der Waals surface area contributed by atoms with Gasteiger partial charge in [0.2, 0.25) is 5.91 Å². The molecule has 0 saturated heterocycles. The summed E-state index contributed by atoms with van der Waals surface area (Å²) >= 11 is 0. The number of aromatic nitrogens is 2. The third-order valence-electron chi connectivity index (χ3n) is 4.12. The van der Waals surface area contributed by atoms with E-state index in [0.717, 1.165) is 30.5 Å². The summed E-state index contributed by atoms with van der Waals surface area (Å²) in [5.74, 6) is -0.342. The molecule has 21 heavy (non-hydrogen) atoms. The van der Waals surface area contributed by atoms with Crippen molar-refractivity contribution in [1.82, 2.24) is 20.5 Å². The molecule has 1 aliphatic carbocycles. The van der Waals surface area contributed by atoms with Crippen molar-refractivity contribution < 1.29 is 9.59 Å². The molecule has 0 aromatic carbocycles. The normalized spacial score (nSPS) is 21.3. The first-order valence-electron chi connectivity index (χ1n) is 7.25. The van der Waals surface area contributed by atoms with Gasteiger partial charge in [-0.1, -0.05) is 0 Å². The molecule has 1 aromatic heterocycles. The van der Waals surface area contributed by atoms with Crippen molar-refractivity contribution in [1.29, 1.82) is 0 Å². The Hall–Kier alpha value is -2.18. The Morgan fingerprint density at radius 2 is 2.19 bits per heavy atom. The first kappa shape index (κ1) is 13.8. The van der Waals surface area contributed by atoms with Gasteiger partial charge in [-0.3, -0.25) is 14.3 Å². The van der Waals surface area contributed by atoms with Crippen LogP contribution in [0.3, 0.4) is 0 Å². The third kappa shape index (κ3) is 2.55. The van der Waals surface area contributed by atoms with Crippen LogP contribution in [-0.2, 0) is 23.1 Å². The number of aryl methyl sites for hydroxylation is 2. The molecule has 0 radical (unpaired) electrons. The highest BCUT2D eigenvalue weighted by atomic mass is 16.2. The van der Waals surface area contributed by atoms with Crippen LogP contribution in [0.25, 0.3) is 0 Å². The fraction of sp³-hybridized carbons (Fsp3) is 0.571. The van der Waals surface area contributed by atoms with Crippen LogP contribution in [0.1, 0.15) is 48.7 Å². The van der Waals surface area contributed by atoms with E-state index in [0.29, 0.717) is 18.6 Å². The van der Waals surface area contributed by atoms with Gasteiger partial charge in [-0.15, -0.1) is 0 Å². The SMILES string of the molecule is Cc1nn(C)c2c1C(NC(=O)C1=NNC(=O)CC1)CCC2. The number of hydrogen-bond acceptors (Lipinski definition) is 4. The molecular weight excluding hydrogens is 270 g/mol. The van der Waals surface area contributed by atoms with Crippen LogP contribution in [0, 0.1) is 6.92 Å². The van der Waals surface area contributed by atoms with E-state index in [2.05, 4.69) is 20.9 Å². The maximum absolute atomic E-state index is 12.3. The highest BCUT2D eigenvalue weighted by Crippen LogP contribution is 2.31. The second-order valence-electron chi connectivity index (χ2n) is 5.58. The van der Waals surface area contributed by atoms with Crippen LogP contribution in [0.4, 0.5) is 0 Å². The zero-order valence-electron chi connectivity index (χ0n) is 12.3. The zero-order chi connectivity index (χ0) is 15.0. The Bertz CT molecular complexity index is 632. The van der Waals surface area contributed by atoms with Crippen molar-refractivity contribution in [3.63, 3.8) is 0 Å². The fourth-order valence-corrected chi connectivity index (χ4v) is 3.11. The standard InChI is InChI=1S/C14H19N5O2/c1-8-13-9(4-3-5-11(13)19(2)18-8)15-14(21)10-6-7-12(20)17-16-10/h9H,3-7H2,1-2H3,(H,15,21)(H,17,20). The Morgan fingerprint density at radius 3 is 2.90 bits per heavy atom. The van der Waals surface area contributed by atoms with Gasteiger partial charge in [-0.2, -0.15) is 10.2 Å². The van der Waals surface area contributed by atoms with E-state index in [1.54, 1.807) is 0 Å². The number of nitrogens with one attached hydrogen (secondary N) is 2. The third-order valence-corrected chi connectivity index (χ3v) is 4.12. The van der Waals surface area contributed by atoms with E-state index < -0.39 is 0 Å². The van der Waals surface area contributed by atoms with E-state index in [1.165, 1.54) is 5.69 Å². The van der Waals surface area contributed by atoms with Crippen molar-refractivity contribution in [3.05, 3.63) is 17.0 Å². The van der Waals surface area contributed by atoms with Crippen molar-refractivity contribution in [2.45, 2.75) is 45.1 Å². The lowest BCUT2D eigenvalue weighted by molar-refractivity contribution is -0.121. The Morgan fingerprint density at radius 1 is 1.38 bits per heavy atom. The number of rotatable bonds is 2. The van der Waals surface area contributed by atoms with Crippen molar-refractivity contribution in [2.75, 3.05) is 0 Å². The minimum atomic E-state index is -0.198. The fourth-order valence-electron chi connectivity index (χ4n) is 3.11. The van der Waals surface area contributed by atoms with E-state index in [4.69, 9.17) is 0 Å². The van der Waals surface area contributed by atoms with Gasteiger partial charge in [-0.05, 0) is 26.2 Å². The first-order chi connectivity index (χ1) is 10.1. The summed E-state index contributed by atoms with van der Waals surface area (Å²) < 4.78 is 1.90. The molecule has 1 atom stereocenters. The first-order valence-corrected chi connectivity index (χ1v) is 7.25. The van der Waals surface area contributed by atoms with Crippen molar-refractivity contribution >= 4 is 17.5 Å². The lowest BCUT2D eigenvalue weighted by Gasteiger charge is -2.25. The average molecular weight is 289 g/mol. The number of carbonyl (C=O) groups excluding carboxylic acids is 2. The highest BCUT2D eigenvalue weighted by Gasteiger charge is 2.29.